The number of thiazole rings is 1. The van der Waals surface area contributed by atoms with E-state index in [4.69, 9.17) is 5.84 Å². The van der Waals surface area contributed by atoms with Crippen molar-refractivity contribution in [3.05, 3.63) is 28.0 Å². The van der Waals surface area contributed by atoms with E-state index < -0.39 is 0 Å². The number of nitrogens with two attached hydrogens (primary N) is 1. The lowest BCUT2D eigenvalue weighted by Crippen LogP contribution is -2.13. The molecule has 2 aromatic heterocycles. The first-order chi connectivity index (χ1) is 10.2. The molecule has 4 N–H and O–H groups in total. The third-order valence-corrected chi connectivity index (χ3v) is 4.37. The number of nitrogens with zero attached hydrogens (tertiary/aromatic N) is 3. The molecule has 2 heterocycles. The van der Waals surface area contributed by atoms with Crippen molar-refractivity contribution in [2.75, 3.05) is 10.7 Å². The van der Waals surface area contributed by atoms with Crippen molar-refractivity contribution in [1.29, 1.82) is 0 Å². The van der Waals surface area contributed by atoms with Gasteiger partial charge in [0, 0.05) is 23.6 Å². The van der Waals surface area contributed by atoms with Crippen LogP contribution in [0.25, 0.3) is 0 Å². The van der Waals surface area contributed by atoms with Crippen LogP contribution >= 0.6 is 11.3 Å². The van der Waals surface area contributed by atoms with Crippen molar-refractivity contribution in [3.8, 4) is 0 Å². The summed E-state index contributed by atoms with van der Waals surface area (Å²) in [5.74, 6) is 7.64. The molecule has 0 amide bonds. The third kappa shape index (κ3) is 4.12. The summed E-state index contributed by atoms with van der Waals surface area (Å²) in [6.07, 6.45) is 4.78. The first-order valence-corrected chi connectivity index (χ1v) is 8.03. The van der Waals surface area contributed by atoms with Crippen LogP contribution in [0.15, 0.2) is 12.3 Å². The van der Waals surface area contributed by atoms with E-state index in [0.29, 0.717) is 5.82 Å². The average Bonchev–Trinajstić information content (AvgIpc) is 2.96. The summed E-state index contributed by atoms with van der Waals surface area (Å²) in [5.41, 5.74) is 2.59. The summed E-state index contributed by atoms with van der Waals surface area (Å²) < 4.78 is 0. The van der Waals surface area contributed by atoms with E-state index in [1.54, 1.807) is 11.3 Å². The maximum absolute atomic E-state index is 5.47. The van der Waals surface area contributed by atoms with Gasteiger partial charge in [-0.1, -0.05) is 13.8 Å². The molecule has 1 atom stereocenters. The smallest absolute Gasteiger partial charge is 0.145 e. The third-order valence-electron chi connectivity index (χ3n) is 3.05. The molecule has 114 valence electrons. The zero-order valence-electron chi connectivity index (χ0n) is 12.7. The summed E-state index contributed by atoms with van der Waals surface area (Å²) in [7, 11) is 0. The standard InChI is InChI=1S/C14H22N6S/c1-4-6-11-18-12(7-13(19-11)20-15)17-9(3)14-16-8-10(5-2)21-14/h7-9H,4-6,15H2,1-3H3,(H2,17,18,19,20). The van der Waals surface area contributed by atoms with Gasteiger partial charge >= 0.3 is 0 Å². The SMILES string of the molecule is CCCc1nc(NN)cc(NC(C)c2ncc(CC)s2)n1. The van der Waals surface area contributed by atoms with Crippen LogP contribution in [0.2, 0.25) is 0 Å². The number of nitrogen functional groups attached to an aromatic ring is 1. The van der Waals surface area contributed by atoms with Crippen LogP contribution in [0.4, 0.5) is 11.6 Å². The fourth-order valence-corrected chi connectivity index (χ4v) is 2.81. The first kappa shape index (κ1) is 15.7. The van der Waals surface area contributed by atoms with Gasteiger partial charge in [0.25, 0.3) is 0 Å². The quantitative estimate of drug-likeness (QED) is 0.538. The number of rotatable bonds is 7. The zero-order valence-corrected chi connectivity index (χ0v) is 13.5. The van der Waals surface area contributed by atoms with Gasteiger partial charge in [-0.3, -0.25) is 0 Å². The predicted octanol–water partition coefficient (Wildman–Crippen LogP) is 2.91. The Kier molecular flexibility index (Phi) is 5.46. The Balaban J connectivity index is 2.15. The molecule has 2 rings (SSSR count). The second-order valence-corrected chi connectivity index (χ2v) is 5.98. The van der Waals surface area contributed by atoms with Gasteiger partial charge in [0.2, 0.25) is 0 Å². The molecule has 2 aromatic rings. The van der Waals surface area contributed by atoms with E-state index in [9.17, 15) is 0 Å². The van der Waals surface area contributed by atoms with Crippen molar-refractivity contribution in [3.63, 3.8) is 0 Å². The minimum Gasteiger partial charge on any atom is -0.361 e. The monoisotopic (exact) mass is 306 g/mol. The molecule has 0 aliphatic carbocycles. The second-order valence-electron chi connectivity index (χ2n) is 4.83. The second kappa shape index (κ2) is 7.33. The summed E-state index contributed by atoms with van der Waals surface area (Å²) in [4.78, 5) is 14.6. The molecule has 0 saturated heterocycles. The Morgan fingerprint density at radius 1 is 1.29 bits per heavy atom. The number of nitrogens with one attached hydrogen (secondary N) is 2. The summed E-state index contributed by atoms with van der Waals surface area (Å²) in [6.45, 7) is 6.31. The lowest BCUT2D eigenvalue weighted by Gasteiger charge is -2.13. The normalized spacial score (nSPS) is 12.2. The van der Waals surface area contributed by atoms with Crippen molar-refractivity contribution >= 4 is 23.0 Å². The highest BCUT2D eigenvalue weighted by atomic mass is 32.1. The fourth-order valence-electron chi connectivity index (χ4n) is 1.95. The maximum Gasteiger partial charge on any atom is 0.145 e. The van der Waals surface area contributed by atoms with Crippen molar-refractivity contribution in [2.24, 2.45) is 5.84 Å². The molecular formula is C14H22N6S. The largest absolute Gasteiger partial charge is 0.361 e. The average molecular weight is 306 g/mol. The summed E-state index contributed by atoms with van der Waals surface area (Å²) in [5, 5.41) is 4.43. The van der Waals surface area contributed by atoms with E-state index >= 15 is 0 Å². The van der Waals surface area contributed by atoms with Gasteiger partial charge < -0.3 is 10.7 Å². The molecule has 0 aliphatic heterocycles. The van der Waals surface area contributed by atoms with E-state index in [1.165, 1.54) is 4.88 Å². The summed E-state index contributed by atoms with van der Waals surface area (Å²) >= 11 is 1.73. The molecule has 7 heteroatoms. The predicted molar refractivity (Wildman–Crippen MR) is 87.4 cm³/mol. The molecule has 0 saturated carbocycles. The Labute approximate surface area is 129 Å². The van der Waals surface area contributed by atoms with Gasteiger partial charge in [-0.2, -0.15) is 0 Å². The Bertz CT molecular complexity index is 583. The Hall–Kier alpha value is -1.73. The van der Waals surface area contributed by atoms with Crippen LogP contribution in [0.5, 0.6) is 0 Å². The van der Waals surface area contributed by atoms with Crippen molar-refractivity contribution in [1.82, 2.24) is 15.0 Å². The zero-order chi connectivity index (χ0) is 15.2. The number of hydrazine groups is 1. The summed E-state index contributed by atoms with van der Waals surface area (Å²) in [6, 6.07) is 1.91. The van der Waals surface area contributed by atoms with Crippen LogP contribution in [0, 0.1) is 0 Å². The maximum atomic E-state index is 5.47. The molecule has 21 heavy (non-hydrogen) atoms. The van der Waals surface area contributed by atoms with Gasteiger partial charge in [-0.15, -0.1) is 11.3 Å². The van der Waals surface area contributed by atoms with E-state index in [0.717, 1.165) is 35.9 Å². The number of hydrogen-bond donors (Lipinski definition) is 3. The van der Waals surface area contributed by atoms with Gasteiger partial charge in [-0.05, 0) is 19.8 Å². The lowest BCUT2D eigenvalue weighted by molar-refractivity contribution is 0.816. The van der Waals surface area contributed by atoms with Crippen molar-refractivity contribution < 1.29 is 0 Å². The Morgan fingerprint density at radius 2 is 2.05 bits per heavy atom. The van der Waals surface area contributed by atoms with E-state index in [-0.39, 0.29) is 6.04 Å². The number of anilines is 2. The lowest BCUT2D eigenvalue weighted by atomic mass is 10.3. The molecule has 6 nitrogen and oxygen atoms in total. The minimum absolute atomic E-state index is 0.102. The molecule has 0 aliphatic rings. The topological polar surface area (TPSA) is 88.8 Å². The van der Waals surface area contributed by atoms with E-state index in [1.807, 2.05) is 12.3 Å². The molecule has 0 radical (unpaired) electrons. The van der Waals surface area contributed by atoms with Crippen LogP contribution in [-0.2, 0) is 12.8 Å². The molecule has 0 fully saturated rings. The van der Waals surface area contributed by atoms with Gasteiger partial charge in [0.05, 0.1) is 6.04 Å². The first-order valence-electron chi connectivity index (χ1n) is 7.22. The van der Waals surface area contributed by atoms with Crippen LogP contribution in [0.1, 0.15) is 48.9 Å². The fraction of sp³-hybridized carbons (Fsp3) is 0.500. The molecule has 0 bridgehead atoms. The minimum atomic E-state index is 0.102. The van der Waals surface area contributed by atoms with Gasteiger partial charge in [-0.25, -0.2) is 20.8 Å². The van der Waals surface area contributed by atoms with Crippen molar-refractivity contribution in [2.45, 2.75) is 46.1 Å². The molecule has 0 aromatic carbocycles. The molecule has 0 spiro atoms. The molecule has 1 unspecified atom stereocenters. The van der Waals surface area contributed by atoms with Crippen LogP contribution in [-0.4, -0.2) is 15.0 Å². The molecular weight excluding hydrogens is 284 g/mol. The van der Waals surface area contributed by atoms with Crippen LogP contribution < -0.4 is 16.6 Å². The number of hydrogen-bond acceptors (Lipinski definition) is 7. The highest BCUT2D eigenvalue weighted by Gasteiger charge is 2.12. The highest BCUT2D eigenvalue weighted by molar-refractivity contribution is 7.11. The number of aromatic nitrogens is 3. The number of aryl methyl sites for hydroxylation is 2. The van der Waals surface area contributed by atoms with E-state index in [2.05, 4.69) is 46.5 Å². The van der Waals surface area contributed by atoms with Gasteiger partial charge in [0.15, 0.2) is 0 Å². The Morgan fingerprint density at radius 3 is 2.67 bits per heavy atom. The van der Waals surface area contributed by atoms with Gasteiger partial charge in [0.1, 0.15) is 22.5 Å². The van der Waals surface area contributed by atoms with Crippen LogP contribution in [0.3, 0.4) is 0 Å². The highest BCUT2D eigenvalue weighted by Crippen LogP contribution is 2.24.